The zero-order valence-corrected chi connectivity index (χ0v) is 11.6. The third-order valence-electron chi connectivity index (χ3n) is 2.72. The molecule has 0 aromatic heterocycles. The number of benzene rings is 2. The second-order valence-corrected chi connectivity index (χ2v) is 4.63. The number of carbonyl (C=O) groups is 1. The van der Waals surface area contributed by atoms with Crippen LogP contribution in [-0.4, -0.2) is 13.0 Å². The number of rotatable bonds is 4. The molecule has 1 amide bonds. The highest BCUT2D eigenvalue weighted by Crippen LogP contribution is 2.18. The lowest BCUT2D eigenvalue weighted by atomic mass is 10.1. The molecule has 2 rings (SSSR count). The van der Waals surface area contributed by atoms with Crippen molar-refractivity contribution in [2.75, 3.05) is 12.4 Å². The van der Waals surface area contributed by atoms with E-state index in [0.717, 1.165) is 0 Å². The van der Waals surface area contributed by atoms with Gasteiger partial charge in [-0.3, -0.25) is 4.79 Å². The van der Waals surface area contributed by atoms with Gasteiger partial charge in [-0.2, -0.15) is 0 Å². The van der Waals surface area contributed by atoms with Crippen LogP contribution in [0, 0.1) is 5.82 Å². The van der Waals surface area contributed by atoms with Gasteiger partial charge in [0.2, 0.25) is 5.91 Å². The van der Waals surface area contributed by atoms with Crippen molar-refractivity contribution < 1.29 is 13.9 Å². The van der Waals surface area contributed by atoms with Crippen LogP contribution in [0.3, 0.4) is 0 Å². The average molecular weight is 294 g/mol. The Hall–Kier alpha value is -2.07. The molecule has 0 aliphatic carbocycles. The molecule has 2 aromatic rings. The second kappa shape index (κ2) is 6.39. The van der Waals surface area contributed by atoms with Gasteiger partial charge in [0, 0.05) is 16.8 Å². The van der Waals surface area contributed by atoms with Crippen LogP contribution < -0.4 is 10.1 Å². The predicted molar refractivity (Wildman–Crippen MR) is 76.7 cm³/mol. The highest BCUT2D eigenvalue weighted by molar-refractivity contribution is 6.30. The van der Waals surface area contributed by atoms with Crippen LogP contribution in [0.25, 0.3) is 0 Å². The Morgan fingerprint density at radius 2 is 2.10 bits per heavy atom. The third kappa shape index (κ3) is 3.71. The summed E-state index contributed by atoms with van der Waals surface area (Å²) in [5.41, 5.74) is 0.901. The van der Waals surface area contributed by atoms with Gasteiger partial charge in [0.25, 0.3) is 0 Å². The molecule has 0 saturated carbocycles. The van der Waals surface area contributed by atoms with Crippen molar-refractivity contribution in [2.24, 2.45) is 0 Å². The summed E-state index contributed by atoms with van der Waals surface area (Å²) >= 11 is 5.66. The molecular formula is C15H13ClFNO2. The van der Waals surface area contributed by atoms with Crippen molar-refractivity contribution in [1.29, 1.82) is 0 Å². The van der Waals surface area contributed by atoms with E-state index in [0.29, 0.717) is 22.0 Å². The zero-order chi connectivity index (χ0) is 14.5. The minimum Gasteiger partial charge on any atom is -0.497 e. The van der Waals surface area contributed by atoms with Crippen LogP contribution in [0.5, 0.6) is 5.75 Å². The Kier molecular flexibility index (Phi) is 4.58. The van der Waals surface area contributed by atoms with Gasteiger partial charge in [-0.05, 0) is 29.8 Å². The summed E-state index contributed by atoms with van der Waals surface area (Å²) in [7, 11) is 1.55. The lowest BCUT2D eigenvalue weighted by molar-refractivity contribution is -0.115. The van der Waals surface area contributed by atoms with Gasteiger partial charge in [0.1, 0.15) is 11.6 Å². The van der Waals surface area contributed by atoms with E-state index in [1.54, 1.807) is 37.4 Å². The fraction of sp³-hybridized carbons (Fsp3) is 0.133. The van der Waals surface area contributed by atoms with E-state index in [1.165, 1.54) is 12.1 Å². The molecule has 5 heteroatoms. The Bertz CT molecular complexity index is 631. The fourth-order valence-electron chi connectivity index (χ4n) is 1.74. The van der Waals surface area contributed by atoms with Gasteiger partial charge in [-0.15, -0.1) is 0 Å². The molecule has 0 aliphatic rings. The molecule has 2 aromatic carbocycles. The normalized spacial score (nSPS) is 10.2. The molecule has 0 unspecified atom stereocenters. The van der Waals surface area contributed by atoms with E-state index in [1.807, 2.05) is 0 Å². The molecule has 0 heterocycles. The van der Waals surface area contributed by atoms with Gasteiger partial charge in [0.05, 0.1) is 13.5 Å². The minimum atomic E-state index is -0.488. The largest absolute Gasteiger partial charge is 0.497 e. The quantitative estimate of drug-likeness (QED) is 0.934. The van der Waals surface area contributed by atoms with Crippen LogP contribution in [-0.2, 0) is 11.2 Å². The average Bonchev–Trinajstić information content (AvgIpc) is 2.42. The lowest BCUT2D eigenvalue weighted by Gasteiger charge is -2.07. The number of methoxy groups -OCH3 is 1. The van der Waals surface area contributed by atoms with Gasteiger partial charge in [0.15, 0.2) is 0 Å². The van der Waals surface area contributed by atoms with Crippen molar-refractivity contribution in [1.82, 2.24) is 0 Å². The smallest absolute Gasteiger partial charge is 0.228 e. The summed E-state index contributed by atoms with van der Waals surface area (Å²) in [4.78, 5) is 11.9. The van der Waals surface area contributed by atoms with Crippen molar-refractivity contribution >= 4 is 23.2 Å². The second-order valence-electron chi connectivity index (χ2n) is 4.19. The summed E-state index contributed by atoms with van der Waals surface area (Å²) in [5, 5.41) is 2.99. The van der Waals surface area contributed by atoms with E-state index >= 15 is 0 Å². The maximum absolute atomic E-state index is 13.6. The van der Waals surface area contributed by atoms with Crippen LogP contribution in [0.15, 0.2) is 42.5 Å². The molecular weight excluding hydrogens is 281 g/mol. The van der Waals surface area contributed by atoms with Crippen molar-refractivity contribution in [3.05, 3.63) is 58.9 Å². The first-order valence-electron chi connectivity index (χ1n) is 5.96. The summed E-state index contributed by atoms with van der Waals surface area (Å²) < 4.78 is 18.6. The number of anilines is 1. The standard InChI is InChI=1S/C15H13ClFNO2/c1-20-13-4-2-3-12(9-13)18-15(19)7-10-5-6-11(16)8-14(10)17/h2-6,8-9H,7H2,1H3,(H,18,19). The molecule has 0 radical (unpaired) electrons. The number of ether oxygens (including phenoxy) is 1. The van der Waals surface area contributed by atoms with E-state index in [2.05, 4.69) is 5.32 Å². The molecule has 0 aliphatic heterocycles. The van der Waals surface area contributed by atoms with Crippen LogP contribution in [0.1, 0.15) is 5.56 Å². The third-order valence-corrected chi connectivity index (χ3v) is 2.95. The highest BCUT2D eigenvalue weighted by Gasteiger charge is 2.09. The summed E-state index contributed by atoms with van der Waals surface area (Å²) in [6.07, 6.45) is -0.0553. The van der Waals surface area contributed by atoms with Gasteiger partial charge in [-0.1, -0.05) is 23.7 Å². The monoisotopic (exact) mass is 293 g/mol. The predicted octanol–water partition coefficient (Wildman–Crippen LogP) is 3.67. The van der Waals surface area contributed by atoms with Crippen LogP contribution in [0.4, 0.5) is 10.1 Å². The van der Waals surface area contributed by atoms with Crippen molar-refractivity contribution in [3.8, 4) is 5.75 Å². The Labute approximate surface area is 121 Å². The molecule has 0 atom stereocenters. The molecule has 20 heavy (non-hydrogen) atoms. The first kappa shape index (κ1) is 14.3. The highest BCUT2D eigenvalue weighted by atomic mass is 35.5. The van der Waals surface area contributed by atoms with Gasteiger partial charge in [-0.25, -0.2) is 4.39 Å². The first-order valence-corrected chi connectivity index (χ1v) is 6.34. The number of hydrogen-bond acceptors (Lipinski definition) is 2. The Balaban J connectivity index is 2.05. The lowest BCUT2D eigenvalue weighted by Crippen LogP contribution is -2.15. The maximum atomic E-state index is 13.6. The minimum absolute atomic E-state index is 0.0553. The number of halogens is 2. The topological polar surface area (TPSA) is 38.3 Å². The number of nitrogens with one attached hydrogen (secondary N) is 1. The molecule has 1 N–H and O–H groups in total. The van der Waals surface area contributed by atoms with Gasteiger partial charge >= 0.3 is 0 Å². The molecule has 0 saturated heterocycles. The molecule has 104 valence electrons. The maximum Gasteiger partial charge on any atom is 0.228 e. The Morgan fingerprint density at radius 3 is 2.80 bits per heavy atom. The zero-order valence-electron chi connectivity index (χ0n) is 10.8. The summed E-state index contributed by atoms with van der Waals surface area (Å²) in [5.74, 6) is -0.154. The van der Waals surface area contributed by atoms with Crippen LogP contribution in [0.2, 0.25) is 5.02 Å². The fourth-order valence-corrected chi connectivity index (χ4v) is 1.90. The SMILES string of the molecule is COc1cccc(NC(=O)Cc2ccc(Cl)cc2F)c1. The Morgan fingerprint density at radius 1 is 1.30 bits per heavy atom. The molecule has 0 bridgehead atoms. The van der Waals surface area contributed by atoms with E-state index < -0.39 is 5.82 Å². The molecule has 0 spiro atoms. The van der Waals surface area contributed by atoms with Crippen molar-refractivity contribution in [3.63, 3.8) is 0 Å². The summed E-state index contributed by atoms with van der Waals surface area (Å²) in [6.45, 7) is 0. The van der Waals surface area contributed by atoms with Crippen LogP contribution >= 0.6 is 11.6 Å². The van der Waals surface area contributed by atoms with E-state index in [9.17, 15) is 9.18 Å². The molecule has 0 fully saturated rings. The summed E-state index contributed by atoms with van der Waals surface area (Å²) in [6, 6.07) is 11.2. The van der Waals surface area contributed by atoms with E-state index in [4.69, 9.17) is 16.3 Å². The molecule has 3 nitrogen and oxygen atoms in total. The first-order chi connectivity index (χ1) is 9.58. The van der Waals surface area contributed by atoms with Crippen molar-refractivity contribution in [2.45, 2.75) is 6.42 Å². The van der Waals surface area contributed by atoms with E-state index in [-0.39, 0.29) is 12.3 Å². The number of carbonyl (C=O) groups excluding carboxylic acids is 1. The number of amides is 1. The van der Waals surface area contributed by atoms with Gasteiger partial charge < -0.3 is 10.1 Å². The number of hydrogen-bond donors (Lipinski definition) is 1.